The van der Waals surface area contributed by atoms with Crippen molar-refractivity contribution in [2.45, 2.75) is 129 Å². The van der Waals surface area contributed by atoms with Crippen LogP contribution in [0.3, 0.4) is 0 Å². The van der Waals surface area contributed by atoms with Gasteiger partial charge in [-0.25, -0.2) is 9.59 Å². The van der Waals surface area contributed by atoms with Gasteiger partial charge in [0.2, 0.25) is 11.8 Å². The summed E-state index contributed by atoms with van der Waals surface area (Å²) in [7, 11) is 2.36. The Bertz CT molecular complexity index is 1510. The summed E-state index contributed by atoms with van der Waals surface area (Å²) in [6.45, 7) is 20.9. The number of nitrogens with one attached hydrogen (secondary N) is 4. The number of carbonyl (C=O) groups excluding carboxylic acids is 6. The molecule has 2 aromatic carbocycles. The lowest BCUT2D eigenvalue weighted by Gasteiger charge is -2.26. The van der Waals surface area contributed by atoms with Crippen molar-refractivity contribution in [1.29, 1.82) is 0 Å². The highest BCUT2D eigenvalue weighted by Crippen LogP contribution is 2.42. The highest BCUT2D eigenvalue weighted by atomic mass is 33.1. The molecule has 0 bridgehead atoms. The van der Waals surface area contributed by atoms with Gasteiger partial charge >= 0.3 is 11.9 Å². The number of hydrogen-bond donors (Lipinski definition) is 4. The molecule has 0 aromatic heterocycles. The minimum Gasteiger partial charge on any atom is -0.458 e. The number of hydrogen-bond acceptors (Lipinski definition) is 10. The maximum atomic E-state index is 13.9. The van der Waals surface area contributed by atoms with Crippen molar-refractivity contribution < 1.29 is 38.2 Å². The van der Waals surface area contributed by atoms with Gasteiger partial charge in [-0.2, -0.15) is 0 Å². The molecule has 0 radical (unpaired) electrons. The third-order valence-corrected chi connectivity index (χ3v) is 9.20. The molecule has 12 nitrogen and oxygen atoms in total. The van der Waals surface area contributed by atoms with E-state index in [-0.39, 0.29) is 34.8 Å². The minimum atomic E-state index is -0.929. The Labute approximate surface area is 315 Å². The molecular weight excluding hydrogens is 705 g/mol. The topological polar surface area (TPSA) is 169 Å². The summed E-state index contributed by atoms with van der Waals surface area (Å²) in [6.07, 6.45) is 0.674. The van der Waals surface area contributed by atoms with E-state index >= 15 is 0 Å². The van der Waals surface area contributed by atoms with Crippen molar-refractivity contribution in [3.05, 3.63) is 47.5 Å². The standard InChI is InChI=1S/C38H54N4O8S2/c1-21(2)17-29(35(47)49-37(7,8)9)41-33(45)27-19-25(39-23(5)43)13-15-31(27)51-52-32-16-14-26(40-24(6)44)20-28(32)34(46)42-30(18-22(3)4)36(48)50-38(10,11)12/h13-16,19-22,29-30H,17-18H2,1-12H3,(H,39,43)(H,40,44)(H,41,45)(H,42,46). The zero-order valence-corrected chi connectivity index (χ0v) is 33.9. The Morgan fingerprint density at radius 1 is 0.596 bits per heavy atom. The van der Waals surface area contributed by atoms with Crippen LogP contribution in [0.1, 0.15) is 117 Å². The third-order valence-electron chi connectivity index (χ3n) is 6.72. The molecule has 14 heteroatoms. The molecule has 0 saturated heterocycles. The van der Waals surface area contributed by atoms with Gasteiger partial charge in [-0.15, -0.1) is 0 Å². The Kier molecular flexibility index (Phi) is 16.3. The second-order valence-electron chi connectivity index (χ2n) is 15.3. The third kappa shape index (κ3) is 15.7. The van der Waals surface area contributed by atoms with Gasteiger partial charge in [-0.1, -0.05) is 49.3 Å². The van der Waals surface area contributed by atoms with Crippen molar-refractivity contribution in [2.75, 3.05) is 10.6 Å². The van der Waals surface area contributed by atoms with Crippen LogP contribution in [0.15, 0.2) is 46.2 Å². The van der Waals surface area contributed by atoms with Gasteiger partial charge in [0.05, 0.1) is 11.1 Å². The zero-order valence-electron chi connectivity index (χ0n) is 32.3. The van der Waals surface area contributed by atoms with E-state index in [0.717, 1.165) is 0 Å². The van der Waals surface area contributed by atoms with Gasteiger partial charge in [0.15, 0.2) is 0 Å². The van der Waals surface area contributed by atoms with Crippen molar-refractivity contribution in [3.8, 4) is 0 Å². The maximum absolute atomic E-state index is 13.9. The van der Waals surface area contributed by atoms with Crippen LogP contribution in [-0.2, 0) is 28.7 Å². The molecule has 0 aliphatic rings. The van der Waals surface area contributed by atoms with Gasteiger partial charge < -0.3 is 30.7 Å². The second-order valence-corrected chi connectivity index (χ2v) is 17.5. The summed E-state index contributed by atoms with van der Waals surface area (Å²) < 4.78 is 11.2. The first-order valence-electron chi connectivity index (χ1n) is 17.2. The van der Waals surface area contributed by atoms with Crippen LogP contribution in [0.4, 0.5) is 11.4 Å². The van der Waals surface area contributed by atoms with E-state index < -0.39 is 47.0 Å². The Morgan fingerprint density at radius 3 is 1.19 bits per heavy atom. The molecule has 4 N–H and O–H groups in total. The van der Waals surface area contributed by atoms with Gasteiger partial charge in [0.25, 0.3) is 11.8 Å². The average molecular weight is 759 g/mol. The summed E-state index contributed by atoms with van der Waals surface area (Å²) in [5.74, 6) is -2.77. The molecule has 52 heavy (non-hydrogen) atoms. The molecule has 2 rings (SSSR count). The second kappa shape index (κ2) is 19.2. The van der Waals surface area contributed by atoms with E-state index in [1.54, 1.807) is 65.8 Å². The SMILES string of the molecule is CC(=O)Nc1ccc(SSc2ccc(NC(C)=O)cc2C(=O)NC(CC(C)C)C(=O)OC(C)(C)C)c(C(=O)NC(CC(C)C)C(=O)OC(C)(C)C)c1. The summed E-state index contributed by atoms with van der Waals surface area (Å²) >= 11 is 0. The number of esters is 2. The van der Waals surface area contributed by atoms with Crippen molar-refractivity contribution >= 4 is 68.5 Å². The molecule has 2 aromatic rings. The Morgan fingerprint density at radius 2 is 0.923 bits per heavy atom. The maximum Gasteiger partial charge on any atom is 0.329 e. The van der Waals surface area contributed by atoms with Crippen molar-refractivity contribution in [2.24, 2.45) is 11.8 Å². The van der Waals surface area contributed by atoms with Crippen LogP contribution >= 0.6 is 21.6 Å². The molecule has 286 valence electrons. The minimum absolute atomic E-state index is 0.0634. The Balaban J connectivity index is 2.53. The highest BCUT2D eigenvalue weighted by molar-refractivity contribution is 8.76. The summed E-state index contributed by atoms with van der Waals surface area (Å²) in [6, 6.07) is 7.79. The van der Waals surface area contributed by atoms with Crippen LogP contribution in [0.25, 0.3) is 0 Å². The lowest BCUT2D eigenvalue weighted by Crippen LogP contribution is -2.45. The first-order chi connectivity index (χ1) is 23.9. The number of ether oxygens (including phenoxy) is 2. The van der Waals surface area contributed by atoms with Gasteiger partial charge in [-0.05, 0) is 103 Å². The predicted molar refractivity (Wildman–Crippen MR) is 206 cm³/mol. The number of benzene rings is 2. The summed E-state index contributed by atoms with van der Waals surface area (Å²) in [4.78, 5) is 78.7. The first-order valence-corrected chi connectivity index (χ1v) is 19.3. The van der Waals surface area contributed by atoms with E-state index in [9.17, 15) is 28.8 Å². The molecule has 0 saturated carbocycles. The summed E-state index contributed by atoms with van der Waals surface area (Å²) in [5.41, 5.74) is -0.402. The monoisotopic (exact) mass is 758 g/mol. The van der Waals surface area contributed by atoms with Crippen molar-refractivity contribution in [3.63, 3.8) is 0 Å². The van der Waals surface area contributed by atoms with E-state index in [1.807, 2.05) is 27.7 Å². The first kappa shape index (κ1) is 44.1. The van der Waals surface area contributed by atoms with E-state index in [2.05, 4.69) is 21.3 Å². The zero-order chi connectivity index (χ0) is 39.6. The lowest BCUT2D eigenvalue weighted by molar-refractivity contribution is -0.158. The fraction of sp³-hybridized carbons (Fsp3) is 0.526. The molecule has 2 unspecified atom stereocenters. The van der Waals surface area contributed by atoms with Crippen molar-refractivity contribution in [1.82, 2.24) is 10.6 Å². The van der Waals surface area contributed by atoms with E-state index in [0.29, 0.717) is 34.0 Å². The number of anilines is 2. The molecule has 0 aliphatic carbocycles. The fourth-order valence-corrected chi connectivity index (χ4v) is 7.12. The Hall–Kier alpha value is -4.04. The average Bonchev–Trinajstić information content (AvgIpc) is 2.97. The largest absolute Gasteiger partial charge is 0.458 e. The number of rotatable bonds is 15. The van der Waals surface area contributed by atoms with Crippen LogP contribution in [0.2, 0.25) is 0 Å². The smallest absolute Gasteiger partial charge is 0.329 e. The van der Waals surface area contributed by atoms with Crippen LogP contribution < -0.4 is 21.3 Å². The van der Waals surface area contributed by atoms with E-state index in [1.165, 1.54) is 47.6 Å². The number of carbonyl (C=O) groups is 6. The van der Waals surface area contributed by atoms with Gasteiger partial charge in [0, 0.05) is 35.0 Å². The number of amides is 4. The molecule has 0 heterocycles. The normalized spacial score (nSPS) is 12.8. The van der Waals surface area contributed by atoms with Gasteiger partial charge in [-0.3, -0.25) is 19.2 Å². The lowest BCUT2D eigenvalue weighted by atomic mass is 10.0. The summed E-state index contributed by atoms with van der Waals surface area (Å²) in [5, 5.41) is 11.0. The van der Waals surface area contributed by atoms with E-state index in [4.69, 9.17) is 9.47 Å². The van der Waals surface area contributed by atoms with Crippen LogP contribution in [-0.4, -0.2) is 58.9 Å². The molecule has 0 aliphatic heterocycles. The fourth-order valence-electron chi connectivity index (χ4n) is 4.80. The van der Waals surface area contributed by atoms with Crippen LogP contribution in [0, 0.1) is 11.8 Å². The van der Waals surface area contributed by atoms with Crippen LogP contribution in [0.5, 0.6) is 0 Å². The highest BCUT2D eigenvalue weighted by Gasteiger charge is 2.30. The molecular formula is C38H54N4O8S2. The van der Waals surface area contributed by atoms with Gasteiger partial charge in [0.1, 0.15) is 23.3 Å². The molecule has 2 atom stereocenters. The molecule has 0 spiro atoms. The molecule has 4 amide bonds. The predicted octanol–water partition coefficient (Wildman–Crippen LogP) is 7.38. The quantitative estimate of drug-likeness (QED) is 0.106. The molecule has 0 fully saturated rings.